The number of hydrogen-bond donors (Lipinski definition) is 1. The zero-order chi connectivity index (χ0) is 11.3. The average Bonchev–Trinajstić information content (AvgIpc) is 2.52. The molecule has 1 rings (SSSR count). The van der Waals surface area contributed by atoms with Crippen LogP contribution in [0.4, 0.5) is 5.82 Å². The van der Waals surface area contributed by atoms with Crippen LogP contribution in [0.5, 0.6) is 0 Å². The van der Waals surface area contributed by atoms with Gasteiger partial charge >= 0.3 is 5.97 Å². The van der Waals surface area contributed by atoms with E-state index < -0.39 is 5.97 Å². The number of aromatic nitrogens is 2. The van der Waals surface area contributed by atoms with Crippen molar-refractivity contribution in [3.05, 3.63) is 5.69 Å². The lowest BCUT2D eigenvalue weighted by Gasteiger charge is -2.10. The molecule has 2 N–H and O–H groups in total. The third-order valence-electron chi connectivity index (χ3n) is 1.63. The van der Waals surface area contributed by atoms with Crippen molar-refractivity contribution < 1.29 is 18.9 Å². The summed E-state index contributed by atoms with van der Waals surface area (Å²) >= 11 is 0. The Bertz CT molecular complexity index is 325. The smallest absolute Gasteiger partial charge is 0.312 e. The molecule has 15 heavy (non-hydrogen) atoms. The molecule has 0 amide bonds. The van der Waals surface area contributed by atoms with Crippen LogP contribution in [-0.2, 0) is 20.7 Å². The van der Waals surface area contributed by atoms with Crippen molar-refractivity contribution >= 4 is 11.8 Å². The molecule has 84 valence electrons. The van der Waals surface area contributed by atoms with Gasteiger partial charge in [-0.25, -0.2) is 4.63 Å². The Morgan fingerprint density at radius 2 is 2.33 bits per heavy atom. The first-order valence-electron chi connectivity index (χ1n) is 4.38. The first-order chi connectivity index (χ1) is 7.13. The quantitative estimate of drug-likeness (QED) is 0.677. The van der Waals surface area contributed by atoms with Gasteiger partial charge in [-0.1, -0.05) is 5.16 Å². The van der Waals surface area contributed by atoms with Crippen molar-refractivity contribution in [1.29, 1.82) is 0 Å². The lowest BCUT2D eigenvalue weighted by atomic mass is 10.3. The van der Waals surface area contributed by atoms with Crippen LogP contribution >= 0.6 is 0 Å². The number of nitrogen functional groups attached to an aromatic ring is 1. The van der Waals surface area contributed by atoms with Gasteiger partial charge in [0, 0.05) is 7.11 Å². The zero-order valence-electron chi connectivity index (χ0n) is 8.60. The minimum absolute atomic E-state index is 0.0522. The Labute approximate surface area is 86.5 Å². The van der Waals surface area contributed by atoms with Crippen molar-refractivity contribution in [2.24, 2.45) is 0 Å². The Balaban J connectivity index is 2.40. The van der Waals surface area contributed by atoms with Crippen LogP contribution in [0.25, 0.3) is 0 Å². The van der Waals surface area contributed by atoms with Gasteiger partial charge in [0.05, 0.1) is 13.0 Å². The summed E-state index contributed by atoms with van der Waals surface area (Å²) < 4.78 is 14.1. The molecule has 1 atom stereocenters. The fourth-order valence-electron chi connectivity index (χ4n) is 1.01. The largest absolute Gasteiger partial charge is 0.460 e. The van der Waals surface area contributed by atoms with Gasteiger partial charge < -0.3 is 15.2 Å². The van der Waals surface area contributed by atoms with Gasteiger partial charge in [0.2, 0.25) is 0 Å². The number of nitrogens with zero attached hydrogens (tertiary/aromatic N) is 2. The van der Waals surface area contributed by atoms with Crippen LogP contribution in [0.3, 0.4) is 0 Å². The normalized spacial score (nSPS) is 12.4. The van der Waals surface area contributed by atoms with Crippen molar-refractivity contribution in [3.63, 3.8) is 0 Å². The maximum absolute atomic E-state index is 11.3. The molecule has 0 radical (unpaired) electrons. The number of methoxy groups -OCH3 is 1. The van der Waals surface area contributed by atoms with E-state index in [0.29, 0.717) is 6.61 Å². The second-order valence-electron chi connectivity index (χ2n) is 3.03. The van der Waals surface area contributed by atoms with Gasteiger partial charge in [-0.3, -0.25) is 4.79 Å². The number of rotatable bonds is 5. The van der Waals surface area contributed by atoms with Crippen LogP contribution in [0.2, 0.25) is 0 Å². The van der Waals surface area contributed by atoms with Crippen LogP contribution in [0, 0.1) is 0 Å². The molecule has 0 spiro atoms. The molecule has 0 aromatic carbocycles. The molecule has 0 saturated carbocycles. The number of carbonyl (C=O) groups excluding carboxylic acids is 1. The van der Waals surface area contributed by atoms with E-state index in [9.17, 15) is 4.79 Å². The SMILES string of the molecule is COCC(C)OC(=O)Cc1nonc1N. The average molecular weight is 215 g/mol. The molecule has 1 unspecified atom stereocenters. The summed E-state index contributed by atoms with van der Waals surface area (Å²) in [6, 6.07) is 0. The second-order valence-corrected chi connectivity index (χ2v) is 3.03. The van der Waals surface area contributed by atoms with Crippen LogP contribution < -0.4 is 5.73 Å². The summed E-state index contributed by atoms with van der Waals surface area (Å²) in [5.41, 5.74) is 5.66. The molecule has 1 aromatic heterocycles. The Hall–Kier alpha value is -1.63. The monoisotopic (exact) mass is 215 g/mol. The molecule has 1 heterocycles. The second kappa shape index (κ2) is 5.30. The summed E-state index contributed by atoms with van der Waals surface area (Å²) in [5, 5.41) is 6.81. The molecule has 0 bridgehead atoms. The van der Waals surface area contributed by atoms with E-state index in [1.165, 1.54) is 7.11 Å². The van der Waals surface area contributed by atoms with E-state index >= 15 is 0 Å². The molecule has 0 fully saturated rings. The van der Waals surface area contributed by atoms with E-state index in [-0.39, 0.29) is 24.0 Å². The minimum atomic E-state index is -0.443. The Morgan fingerprint density at radius 1 is 1.60 bits per heavy atom. The van der Waals surface area contributed by atoms with Gasteiger partial charge in [0.1, 0.15) is 11.8 Å². The van der Waals surface area contributed by atoms with Crippen LogP contribution in [0.15, 0.2) is 4.63 Å². The number of hydrogen-bond acceptors (Lipinski definition) is 7. The number of nitrogens with two attached hydrogens (primary N) is 1. The predicted octanol–water partition coefficient (Wildman–Crippen LogP) is -0.228. The highest BCUT2D eigenvalue weighted by molar-refractivity contribution is 5.73. The van der Waals surface area contributed by atoms with Crippen molar-refractivity contribution in [3.8, 4) is 0 Å². The Kier molecular flexibility index (Phi) is 4.04. The van der Waals surface area contributed by atoms with Crippen LogP contribution in [-0.4, -0.2) is 36.1 Å². The van der Waals surface area contributed by atoms with Crippen molar-refractivity contribution in [2.75, 3.05) is 19.5 Å². The van der Waals surface area contributed by atoms with Crippen LogP contribution in [0.1, 0.15) is 12.6 Å². The maximum atomic E-state index is 11.3. The third kappa shape index (κ3) is 3.55. The van der Waals surface area contributed by atoms with E-state index in [4.69, 9.17) is 15.2 Å². The molecule has 1 aromatic rings. The molecule has 0 aliphatic carbocycles. The molecule has 0 saturated heterocycles. The lowest BCUT2D eigenvalue weighted by molar-refractivity contribution is -0.149. The number of anilines is 1. The van der Waals surface area contributed by atoms with E-state index in [1.807, 2.05) is 0 Å². The van der Waals surface area contributed by atoms with E-state index in [2.05, 4.69) is 14.9 Å². The summed E-state index contributed by atoms with van der Waals surface area (Å²) in [7, 11) is 1.53. The summed E-state index contributed by atoms with van der Waals surface area (Å²) in [5.74, 6) is -0.340. The number of esters is 1. The van der Waals surface area contributed by atoms with Gasteiger partial charge in [0.15, 0.2) is 5.82 Å². The van der Waals surface area contributed by atoms with E-state index in [0.717, 1.165) is 0 Å². The highest BCUT2D eigenvalue weighted by Gasteiger charge is 2.15. The fourth-order valence-corrected chi connectivity index (χ4v) is 1.01. The summed E-state index contributed by atoms with van der Waals surface area (Å²) in [4.78, 5) is 11.3. The maximum Gasteiger partial charge on any atom is 0.312 e. The van der Waals surface area contributed by atoms with Gasteiger partial charge in [-0.15, -0.1) is 0 Å². The lowest BCUT2D eigenvalue weighted by Crippen LogP contribution is -2.21. The molecule has 7 heteroatoms. The topological polar surface area (TPSA) is 100 Å². The van der Waals surface area contributed by atoms with Gasteiger partial charge in [-0.2, -0.15) is 0 Å². The molecular formula is C8H13N3O4. The van der Waals surface area contributed by atoms with E-state index in [1.54, 1.807) is 6.92 Å². The van der Waals surface area contributed by atoms with Crippen molar-refractivity contribution in [1.82, 2.24) is 10.3 Å². The highest BCUT2D eigenvalue weighted by Crippen LogP contribution is 2.06. The standard InChI is InChI=1S/C8H13N3O4/c1-5(4-13-2)14-7(12)3-6-8(9)11-15-10-6/h5H,3-4H2,1-2H3,(H2,9,11). The first-order valence-corrected chi connectivity index (χ1v) is 4.38. The van der Waals surface area contributed by atoms with Crippen molar-refractivity contribution in [2.45, 2.75) is 19.4 Å². The zero-order valence-corrected chi connectivity index (χ0v) is 8.60. The first kappa shape index (κ1) is 11.4. The summed E-state index contributed by atoms with van der Waals surface area (Å²) in [6.07, 6.45) is -0.354. The fraction of sp³-hybridized carbons (Fsp3) is 0.625. The molecule has 7 nitrogen and oxygen atoms in total. The molecule has 0 aliphatic heterocycles. The third-order valence-corrected chi connectivity index (χ3v) is 1.63. The van der Waals surface area contributed by atoms with Gasteiger partial charge in [-0.05, 0) is 12.1 Å². The minimum Gasteiger partial charge on any atom is -0.460 e. The number of carbonyl (C=O) groups is 1. The Morgan fingerprint density at radius 3 is 2.87 bits per heavy atom. The number of ether oxygens (including phenoxy) is 2. The predicted molar refractivity (Wildman–Crippen MR) is 49.8 cm³/mol. The molecule has 0 aliphatic rings. The molecular weight excluding hydrogens is 202 g/mol. The summed E-state index contributed by atoms with van der Waals surface area (Å²) in [6.45, 7) is 2.07. The van der Waals surface area contributed by atoms with Gasteiger partial charge in [0.25, 0.3) is 0 Å². The highest BCUT2D eigenvalue weighted by atomic mass is 16.6.